The zero-order valence-electron chi connectivity index (χ0n) is 31.0. The van der Waals surface area contributed by atoms with E-state index in [9.17, 15) is 19.8 Å². The molecule has 0 bridgehead atoms. The second-order valence-electron chi connectivity index (χ2n) is 15.2. The maximum absolute atomic E-state index is 14.1. The molecule has 4 N–H and O–H groups in total. The summed E-state index contributed by atoms with van der Waals surface area (Å²) in [5, 5.41) is 28.9. The first kappa shape index (κ1) is 39.2. The Kier molecular flexibility index (Phi) is 15.0. The molecule has 1 saturated carbocycles. The lowest BCUT2D eigenvalue weighted by atomic mass is 9.82. The summed E-state index contributed by atoms with van der Waals surface area (Å²) in [6, 6.07) is 14.6. The Balaban J connectivity index is 1.11. The maximum Gasteiger partial charge on any atom is 0.407 e. The summed E-state index contributed by atoms with van der Waals surface area (Å²) in [5.41, 5.74) is 2.91. The Morgan fingerprint density at radius 1 is 0.962 bits per heavy atom. The lowest BCUT2D eigenvalue weighted by Crippen LogP contribution is -2.48. The van der Waals surface area contributed by atoms with Crippen LogP contribution in [0.1, 0.15) is 86.9 Å². The predicted molar refractivity (Wildman–Crippen MR) is 202 cm³/mol. The van der Waals surface area contributed by atoms with Gasteiger partial charge < -0.3 is 39.8 Å². The van der Waals surface area contributed by atoms with Gasteiger partial charge >= 0.3 is 6.09 Å². The van der Waals surface area contributed by atoms with Crippen molar-refractivity contribution in [2.24, 2.45) is 11.8 Å². The van der Waals surface area contributed by atoms with Crippen LogP contribution in [0.4, 0.5) is 4.79 Å². The van der Waals surface area contributed by atoms with Gasteiger partial charge in [0.1, 0.15) is 18.5 Å². The number of ether oxygens (including phenoxy) is 4. The van der Waals surface area contributed by atoms with Crippen LogP contribution in [0.15, 0.2) is 54.6 Å². The molecule has 11 nitrogen and oxygen atoms in total. The zero-order chi connectivity index (χ0) is 36.8. The average molecular weight is 734 g/mol. The number of hydrogen-bond acceptors (Lipinski definition) is 9. The second kappa shape index (κ2) is 20.3. The van der Waals surface area contributed by atoms with Gasteiger partial charge in [-0.15, -0.1) is 0 Å². The summed E-state index contributed by atoms with van der Waals surface area (Å²) in [5.74, 6) is 0.335. The van der Waals surface area contributed by atoms with Gasteiger partial charge in [-0.1, -0.05) is 80.7 Å². The molecule has 6 atom stereocenters. The van der Waals surface area contributed by atoms with Gasteiger partial charge in [-0.2, -0.15) is 0 Å². The van der Waals surface area contributed by atoms with Crippen molar-refractivity contribution in [3.8, 4) is 5.75 Å². The Morgan fingerprint density at radius 2 is 1.75 bits per heavy atom. The van der Waals surface area contributed by atoms with Gasteiger partial charge in [0.2, 0.25) is 5.91 Å². The van der Waals surface area contributed by atoms with Crippen molar-refractivity contribution in [3.05, 3.63) is 71.3 Å². The Hall–Kier alpha value is -3.48. The number of aliphatic hydroxyl groups is 2. The van der Waals surface area contributed by atoms with E-state index in [1.165, 1.54) is 6.42 Å². The minimum Gasteiger partial charge on any atom is -0.492 e. The van der Waals surface area contributed by atoms with Crippen molar-refractivity contribution in [1.29, 1.82) is 0 Å². The quantitative estimate of drug-likeness (QED) is 0.184. The third-order valence-corrected chi connectivity index (χ3v) is 11.3. The van der Waals surface area contributed by atoms with Crippen LogP contribution in [0.2, 0.25) is 0 Å². The van der Waals surface area contributed by atoms with E-state index in [-0.39, 0.29) is 18.4 Å². The van der Waals surface area contributed by atoms with E-state index in [1.54, 1.807) is 0 Å². The van der Waals surface area contributed by atoms with Crippen LogP contribution in [0.5, 0.6) is 5.75 Å². The summed E-state index contributed by atoms with van der Waals surface area (Å²) >= 11 is 0. The first-order valence-corrected chi connectivity index (χ1v) is 19.9. The fourth-order valence-electron chi connectivity index (χ4n) is 8.18. The van der Waals surface area contributed by atoms with E-state index in [0.29, 0.717) is 45.0 Å². The molecule has 2 heterocycles. The van der Waals surface area contributed by atoms with Crippen molar-refractivity contribution in [3.63, 3.8) is 0 Å². The molecule has 2 aromatic carbocycles. The molecule has 2 amide bonds. The highest BCUT2D eigenvalue weighted by atomic mass is 16.6. The normalized spacial score (nSPS) is 24.2. The molecule has 0 aromatic heterocycles. The van der Waals surface area contributed by atoms with Gasteiger partial charge in [0, 0.05) is 38.6 Å². The first-order chi connectivity index (χ1) is 25.9. The number of carbonyl (C=O) groups excluding carboxylic acids is 2. The van der Waals surface area contributed by atoms with E-state index in [2.05, 4.69) is 15.5 Å². The molecule has 53 heavy (non-hydrogen) atoms. The summed E-state index contributed by atoms with van der Waals surface area (Å²) in [6.45, 7) is 5.90. The third-order valence-electron chi connectivity index (χ3n) is 11.3. The largest absolute Gasteiger partial charge is 0.492 e. The lowest BCUT2D eigenvalue weighted by Gasteiger charge is -2.32. The van der Waals surface area contributed by atoms with E-state index in [4.69, 9.17) is 18.9 Å². The minimum absolute atomic E-state index is 0.140. The number of morpholine rings is 1. The van der Waals surface area contributed by atoms with E-state index >= 15 is 0 Å². The van der Waals surface area contributed by atoms with E-state index in [1.807, 2.05) is 60.7 Å². The lowest BCUT2D eigenvalue weighted by molar-refractivity contribution is -0.127. The van der Waals surface area contributed by atoms with Gasteiger partial charge in [0.15, 0.2) is 0 Å². The van der Waals surface area contributed by atoms with Crippen molar-refractivity contribution < 1.29 is 38.7 Å². The Morgan fingerprint density at radius 3 is 2.53 bits per heavy atom. The molecule has 0 radical (unpaired) electrons. The smallest absolute Gasteiger partial charge is 0.407 e. The number of carbonyl (C=O) groups is 2. The zero-order valence-corrected chi connectivity index (χ0v) is 31.0. The molecule has 2 aromatic rings. The summed E-state index contributed by atoms with van der Waals surface area (Å²) in [7, 11) is 0. The topological polar surface area (TPSA) is 139 Å². The van der Waals surface area contributed by atoms with Crippen LogP contribution >= 0.6 is 0 Å². The molecule has 2 aliphatic heterocycles. The number of hydrogen-bond donors (Lipinski definition) is 4. The summed E-state index contributed by atoms with van der Waals surface area (Å²) in [6.07, 6.45) is 10.1. The highest BCUT2D eigenvalue weighted by Gasteiger charge is 2.35. The number of benzene rings is 2. The molecule has 6 rings (SSSR count). The highest BCUT2D eigenvalue weighted by molar-refractivity contribution is 5.80. The molecular weight excluding hydrogens is 674 g/mol. The highest BCUT2D eigenvalue weighted by Crippen LogP contribution is 2.33. The second-order valence-corrected chi connectivity index (χ2v) is 15.2. The van der Waals surface area contributed by atoms with Crippen molar-refractivity contribution in [2.75, 3.05) is 52.7 Å². The van der Waals surface area contributed by atoms with Crippen LogP contribution in [0.25, 0.3) is 6.08 Å². The first-order valence-electron chi connectivity index (χ1n) is 19.9. The van der Waals surface area contributed by atoms with E-state index < -0.39 is 36.3 Å². The Labute approximate surface area is 314 Å². The van der Waals surface area contributed by atoms with Crippen LogP contribution in [0.3, 0.4) is 0 Å². The number of fused-ring (bicyclic) bond motifs is 1. The molecule has 4 aliphatic rings. The SMILES string of the molecule is O=C(NC(CC1CCCCC1)C(O)CC(C/C=C/c1ccc(OCCN2CCOCC2)cc1)C(=O)N[C@H]1c2ccccc2C[C@@H]1O)OC1CCCOC1. The van der Waals surface area contributed by atoms with Gasteiger partial charge in [-0.3, -0.25) is 9.69 Å². The number of nitrogens with one attached hydrogen (secondary N) is 2. The monoisotopic (exact) mass is 733 g/mol. The molecule has 4 unspecified atom stereocenters. The van der Waals surface area contributed by atoms with Crippen molar-refractivity contribution in [1.82, 2.24) is 15.5 Å². The maximum atomic E-state index is 14.1. The molecule has 3 fully saturated rings. The summed E-state index contributed by atoms with van der Waals surface area (Å²) in [4.78, 5) is 29.5. The fourth-order valence-corrected chi connectivity index (χ4v) is 8.18. The number of allylic oxidation sites excluding steroid dienone is 1. The van der Waals surface area contributed by atoms with Gasteiger partial charge in [0.05, 0.1) is 44.1 Å². The van der Waals surface area contributed by atoms with Crippen LogP contribution in [0, 0.1) is 11.8 Å². The van der Waals surface area contributed by atoms with Crippen molar-refractivity contribution in [2.45, 2.75) is 101 Å². The van der Waals surface area contributed by atoms with E-state index in [0.717, 1.165) is 93.8 Å². The number of rotatable bonds is 16. The molecule has 2 saturated heterocycles. The molecule has 290 valence electrons. The number of aliphatic hydroxyl groups excluding tert-OH is 2. The average Bonchev–Trinajstić information content (AvgIpc) is 3.50. The van der Waals surface area contributed by atoms with Crippen LogP contribution < -0.4 is 15.4 Å². The molecule has 2 aliphatic carbocycles. The van der Waals surface area contributed by atoms with Gasteiger partial charge in [0.25, 0.3) is 0 Å². The number of nitrogens with zero attached hydrogens (tertiary/aromatic N) is 1. The molecule has 0 spiro atoms. The molecular formula is C42H59N3O8. The predicted octanol–water partition coefficient (Wildman–Crippen LogP) is 5.19. The van der Waals surface area contributed by atoms with Gasteiger partial charge in [-0.25, -0.2) is 4.79 Å². The van der Waals surface area contributed by atoms with Crippen LogP contribution in [-0.4, -0.2) is 104 Å². The Bertz CT molecular complexity index is 1450. The third kappa shape index (κ3) is 12.0. The van der Waals surface area contributed by atoms with Gasteiger partial charge in [-0.05, 0) is 66.8 Å². The van der Waals surface area contributed by atoms with Crippen molar-refractivity contribution >= 4 is 18.1 Å². The summed E-state index contributed by atoms with van der Waals surface area (Å²) < 4.78 is 22.6. The fraction of sp³-hybridized carbons (Fsp3) is 0.619. The standard InChI is InChI=1S/C42H59N3O8/c46-38(37(26-31-8-2-1-3-9-31)43-42(49)53-35-13-7-22-51-29-35)28-33(41(48)44-40-36-14-5-4-11-32(36)27-39(40)47)12-6-10-30-15-17-34(18-16-30)52-25-21-45-19-23-50-24-20-45/h4-6,10-11,14-18,31,33,35,37-40,46-47H,1-3,7-9,12-13,19-29H2,(H,43,49)(H,44,48)/b10-6+/t33?,35?,37?,38?,39-,40-/m0/s1. The number of alkyl carbamates (subject to hydrolysis) is 1. The van der Waals surface area contributed by atoms with Crippen LogP contribution in [-0.2, 0) is 25.4 Å². The number of amides is 2. The minimum atomic E-state index is -0.981. The molecule has 11 heteroatoms.